The molecule has 0 aliphatic heterocycles. The first-order valence-electron chi connectivity index (χ1n) is 4.04. The van der Waals surface area contributed by atoms with E-state index in [1.165, 1.54) is 0 Å². The van der Waals surface area contributed by atoms with Crippen LogP contribution in [0.2, 0.25) is 0 Å². The van der Waals surface area contributed by atoms with Crippen LogP contribution >= 0.6 is 0 Å². The summed E-state index contributed by atoms with van der Waals surface area (Å²) in [5, 5.41) is -0.465. The number of rotatable bonds is 3. The lowest BCUT2D eigenvalue weighted by Crippen LogP contribution is -2.21. The summed E-state index contributed by atoms with van der Waals surface area (Å²) in [4.78, 5) is 0. The van der Waals surface area contributed by atoms with Crippen molar-refractivity contribution < 1.29 is 8.42 Å². The smallest absolute Gasteiger partial charge is 0.204 e. The van der Waals surface area contributed by atoms with Crippen LogP contribution in [0.25, 0.3) is 0 Å². The minimum absolute atomic E-state index is 0.465. The largest absolute Gasteiger partial charge is 0.255 e. The van der Waals surface area contributed by atoms with Crippen LogP contribution in [-0.4, -0.2) is 13.7 Å². The Morgan fingerprint density at radius 3 is 2.15 bits per heavy atom. The van der Waals surface area contributed by atoms with Crippen molar-refractivity contribution in [1.29, 1.82) is 0 Å². The van der Waals surface area contributed by atoms with Crippen LogP contribution in [-0.2, 0) is 10.0 Å². The first-order chi connectivity index (χ1) is 6.02. The van der Waals surface area contributed by atoms with E-state index in [1.807, 2.05) is 6.07 Å². The monoisotopic (exact) mass is 198 g/mol. The highest BCUT2D eigenvalue weighted by molar-refractivity contribution is 7.90. The molecule has 1 aromatic carbocycles. The summed E-state index contributed by atoms with van der Waals surface area (Å²) in [6, 6.07) is 8.67. The summed E-state index contributed by atoms with van der Waals surface area (Å²) in [6.07, 6.45) is 0. The van der Waals surface area contributed by atoms with E-state index < -0.39 is 15.3 Å². The number of nitrogens with zero attached hydrogens (tertiary/aromatic N) is 1. The quantitative estimate of drug-likeness (QED) is 0.741. The van der Waals surface area contributed by atoms with Gasteiger partial charge in [0, 0.05) is 0 Å². The van der Waals surface area contributed by atoms with Gasteiger partial charge in [-0.3, -0.25) is 0 Å². The van der Waals surface area contributed by atoms with E-state index in [0.29, 0.717) is 5.69 Å². The highest BCUT2D eigenvalue weighted by atomic mass is 32.2. The summed E-state index contributed by atoms with van der Waals surface area (Å²) in [7, 11) is -3.33. The van der Waals surface area contributed by atoms with Crippen LogP contribution in [0.5, 0.6) is 0 Å². The first-order valence-corrected chi connectivity index (χ1v) is 5.54. The van der Waals surface area contributed by atoms with E-state index >= 15 is 0 Å². The maximum absolute atomic E-state index is 11.3. The molecule has 1 aromatic rings. The van der Waals surface area contributed by atoms with E-state index in [1.54, 1.807) is 38.1 Å². The predicted molar refractivity (Wildman–Crippen MR) is 52.3 cm³/mol. The Balaban J connectivity index is 2.82. The van der Waals surface area contributed by atoms with Crippen LogP contribution in [0, 0.1) is 0 Å². The van der Waals surface area contributed by atoms with Gasteiger partial charge in [0.25, 0.3) is 10.0 Å². The molecule has 0 aromatic heterocycles. The minimum atomic E-state index is -3.33. The Labute approximate surface area is 78.8 Å². The molecule has 0 saturated heterocycles. The zero-order chi connectivity index (χ0) is 9.90. The fourth-order valence-electron chi connectivity index (χ4n) is 0.741. The van der Waals surface area contributed by atoms with Crippen molar-refractivity contribution in [2.45, 2.75) is 19.1 Å². The van der Waals surface area contributed by atoms with Crippen molar-refractivity contribution >= 4 is 15.7 Å². The molecule has 0 saturated carbocycles. The van der Waals surface area contributed by atoms with Gasteiger partial charge in [-0.05, 0) is 26.0 Å². The summed E-state index contributed by atoms with van der Waals surface area (Å²) in [6.45, 7) is 3.23. The average Bonchev–Trinajstić information content (AvgIpc) is 2.05. The maximum Gasteiger partial charge on any atom is 0.255 e. The molecular weight excluding hydrogens is 186 g/mol. The van der Waals surface area contributed by atoms with E-state index in [-0.39, 0.29) is 0 Å². The molecule has 3 nitrogen and oxygen atoms in total. The van der Waals surface area contributed by atoms with Crippen LogP contribution < -0.4 is 4.72 Å². The van der Waals surface area contributed by atoms with Crippen LogP contribution in [0.4, 0.5) is 5.69 Å². The number of benzene rings is 1. The molecule has 0 aliphatic rings. The second kappa shape index (κ2) is 3.79. The third-order valence-corrected chi connectivity index (χ3v) is 3.24. The van der Waals surface area contributed by atoms with Gasteiger partial charge in [-0.15, -0.1) is 0 Å². The molecule has 0 fully saturated rings. The molecule has 1 radical (unpaired) electrons. The normalized spacial score (nSPS) is 11.6. The Hall–Kier alpha value is -1.03. The Kier molecular flexibility index (Phi) is 2.93. The standard InChI is InChI=1S/C9H12NO2S/c1-8(2)13(11,12)10-9-6-4-3-5-7-9/h3-8H,1-2H3. The SMILES string of the molecule is CC(C)S(=O)(=O)[N]c1ccccc1. The highest BCUT2D eigenvalue weighted by Gasteiger charge is 2.17. The highest BCUT2D eigenvalue weighted by Crippen LogP contribution is 2.10. The van der Waals surface area contributed by atoms with Crippen molar-refractivity contribution in [3.8, 4) is 0 Å². The van der Waals surface area contributed by atoms with Gasteiger partial charge in [0.15, 0.2) is 0 Å². The summed E-state index contributed by atoms with van der Waals surface area (Å²) in [5.74, 6) is 0. The van der Waals surface area contributed by atoms with Crippen LogP contribution in [0.1, 0.15) is 13.8 Å². The third kappa shape index (κ3) is 2.73. The zero-order valence-electron chi connectivity index (χ0n) is 7.64. The van der Waals surface area contributed by atoms with Gasteiger partial charge in [0.1, 0.15) is 0 Å². The fourth-order valence-corrected chi connectivity index (χ4v) is 1.37. The molecule has 13 heavy (non-hydrogen) atoms. The second-order valence-electron chi connectivity index (χ2n) is 2.99. The van der Waals surface area contributed by atoms with Crippen molar-refractivity contribution in [3.05, 3.63) is 30.3 Å². The molecule has 1 rings (SSSR count). The van der Waals surface area contributed by atoms with Crippen LogP contribution in [0.3, 0.4) is 0 Å². The van der Waals surface area contributed by atoms with Gasteiger partial charge in [-0.1, -0.05) is 18.2 Å². The zero-order valence-corrected chi connectivity index (χ0v) is 8.45. The summed E-state index contributed by atoms with van der Waals surface area (Å²) in [5.41, 5.74) is 0.483. The van der Waals surface area contributed by atoms with Gasteiger partial charge >= 0.3 is 0 Å². The molecule has 0 spiro atoms. The molecule has 0 N–H and O–H groups in total. The van der Waals surface area contributed by atoms with Crippen molar-refractivity contribution in [2.75, 3.05) is 0 Å². The number of hydrogen-bond donors (Lipinski definition) is 0. The van der Waals surface area contributed by atoms with Gasteiger partial charge in [0.05, 0.1) is 10.9 Å². The summed E-state index contributed by atoms with van der Waals surface area (Å²) < 4.78 is 26.3. The molecule has 0 atom stereocenters. The predicted octanol–water partition coefficient (Wildman–Crippen LogP) is 1.66. The van der Waals surface area contributed by atoms with E-state index in [2.05, 4.69) is 4.72 Å². The topological polar surface area (TPSA) is 48.2 Å². The average molecular weight is 198 g/mol. The van der Waals surface area contributed by atoms with E-state index in [9.17, 15) is 8.42 Å². The molecule has 0 unspecified atom stereocenters. The van der Waals surface area contributed by atoms with Crippen molar-refractivity contribution in [3.63, 3.8) is 0 Å². The van der Waals surface area contributed by atoms with Crippen molar-refractivity contribution in [1.82, 2.24) is 4.72 Å². The van der Waals surface area contributed by atoms with Crippen molar-refractivity contribution in [2.24, 2.45) is 0 Å². The number of sulfonamides is 1. The lowest BCUT2D eigenvalue weighted by molar-refractivity contribution is 0.581. The number of hydrogen-bond acceptors (Lipinski definition) is 2. The molecule has 0 heterocycles. The van der Waals surface area contributed by atoms with E-state index in [4.69, 9.17) is 0 Å². The molecule has 0 aliphatic carbocycles. The van der Waals surface area contributed by atoms with Gasteiger partial charge in [-0.2, -0.15) is 4.72 Å². The van der Waals surface area contributed by atoms with Gasteiger partial charge in [-0.25, -0.2) is 8.42 Å². The Morgan fingerprint density at radius 2 is 1.69 bits per heavy atom. The minimum Gasteiger partial charge on any atom is -0.204 e. The first kappa shape index (κ1) is 10.1. The molecular formula is C9H12NO2S. The Bertz CT molecular complexity index is 356. The molecule has 0 amide bonds. The molecule has 71 valence electrons. The summed E-state index contributed by atoms with van der Waals surface area (Å²) >= 11 is 0. The van der Waals surface area contributed by atoms with Crippen LogP contribution in [0.15, 0.2) is 30.3 Å². The second-order valence-corrected chi connectivity index (χ2v) is 5.15. The Morgan fingerprint density at radius 1 is 1.15 bits per heavy atom. The fraction of sp³-hybridized carbons (Fsp3) is 0.333. The lowest BCUT2D eigenvalue weighted by atomic mass is 10.3. The maximum atomic E-state index is 11.3. The molecule has 4 heteroatoms. The van der Waals surface area contributed by atoms with Gasteiger partial charge in [0.2, 0.25) is 0 Å². The third-order valence-electron chi connectivity index (χ3n) is 1.58. The van der Waals surface area contributed by atoms with E-state index in [0.717, 1.165) is 0 Å². The molecule has 0 bridgehead atoms. The lowest BCUT2D eigenvalue weighted by Gasteiger charge is -2.06. The van der Waals surface area contributed by atoms with Gasteiger partial charge < -0.3 is 0 Å².